The lowest BCUT2D eigenvalue weighted by Gasteiger charge is -2.39. The zero-order chi connectivity index (χ0) is 29.2. The number of amides is 2. The molecule has 0 aromatic heterocycles. The quantitative estimate of drug-likeness (QED) is 0.181. The number of hydrogen-bond donors (Lipinski definition) is 4. The molecule has 1 fully saturated rings. The van der Waals surface area contributed by atoms with Crippen LogP contribution in [0.5, 0.6) is 0 Å². The fourth-order valence-corrected chi connectivity index (χ4v) is 4.95. The lowest BCUT2D eigenvalue weighted by molar-refractivity contribution is -0.253. The Morgan fingerprint density at radius 2 is 1.68 bits per heavy atom. The van der Waals surface area contributed by atoms with E-state index in [1.54, 1.807) is 11.5 Å². The van der Waals surface area contributed by atoms with Gasteiger partial charge in [0.05, 0.1) is 18.8 Å². The number of nitrogens with zero attached hydrogens (tertiary/aromatic N) is 1. The summed E-state index contributed by atoms with van der Waals surface area (Å²) in [6, 6.07) is 25.7. The topological polar surface area (TPSA) is 120 Å². The third-order valence-corrected chi connectivity index (χ3v) is 7.42. The summed E-state index contributed by atoms with van der Waals surface area (Å²) in [6.45, 7) is 2.86. The van der Waals surface area contributed by atoms with Crippen molar-refractivity contribution in [1.82, 2.24) is 10.4 Å². The molecule has 3 aromatic rings. The van der Waals surface area contributed by atoms with E-state index < -0.39 is 12.2 Å². The third kappa shape index (κ3) is 8.69. The molecule has 1 heterocycles. The average molecular weight is 562 g/mol. The number of carbonyl (C=O) groups excluding carboxylic acids is 2. The van der Waals surface area contributed by atoms with Crippen molar-refractivity contribution in [2.45, 2.75) is 63.8 Å². The van der Waals surface area contributed by atoms with Gasteiger partial charge in [-0.05, 0) is 49.2 Å². The van der Waals surface area contributed by atoms with Gasteiger partial charge in [-0.2, -0.15) is 0 Å². The monoisotopic (exact) mass is 561 g/mol. The van der Waals surface area contributed by atoms with E-state index in [1.807, 2.05) is 60.7 Å². The minimum atomic E-state index is -0.651. The molecule has 0 spiro atoms. The maximum Gasteiger partial charge on any atom is 0.243 e. The highest BCUT2D eigenvalue weighted by atomic mass is 16.7. The molecule has 1 saturated heterocycles. The Kier molecular flexibility index (Phi) is 11.0. The Labute approximate surface area is 241 Å². The van der Waals surface area contributed by atoms with Crippen molar-refractivity contribution in [3.05, 3.63) is 101 Å². The maximum absolute atomic E-state index is 12.4. The van der Waals surface area contributed by atoms with Gasteiger partial charge in [0.25, 0.3) is 0 Å². The second-order valence-electron chi connectivity index (χ2n) is 10.4. The first-order chi connectivity index (χ1) is 19.9. The number of hydroxylamine groups is 1. The molecule has 3 aromatic carbocycles. The molecule has 0 saturated carbocycles. The molecule has 218 valence electrons. The van der Waals surface area contributed by atoms with Crippen LogP contribution in [-0.4, -0.2) is 46.7 Å². The van der Waals surface area contributed by atoms with Crippen molar-refractivity contribution < 1.29 is 29.4 Å². The molecule has 41 heavy (non-hydrogen) atoms. The Balaban J connectivity index is 1.49. The van der Waals surface area contributed by atoms with Crippen molar-refractivity contribution in [3.8, 4) is 0 Å². The number of ether oxygens (including phenoxy) is 2. The highest BCUT2D eigenvalue weighted by molar-refractivity contribution is 5.91. The van der Waals surface area contributed by atoms with E-state index in [-0.39, 0.29) is 43.6 Å². The summed E-state index contributed by atoms with van der Waals surface area (Å²) in [5.41, 5.74) is 6.03. The van der Waals surface area contributed by atoms with E-state index in [1.165, 1.54) is 5.56 Å². The molecule has 4 rings (SSSR count). The number of benzene rings is 3. The third-order valence-electron chi connectivity index (χ3n) is 7.42. The number of anilines is 1. The smallest absolute Gasteiger partial charge is 0.243 e. The van der Waals surface area contributed by atoms with Gasteiger partial charge in [0.2, 0.25) is 11.8 Å². The Hall–Kier alpha value is -3.60. The van der Waals surface area contributed by atoms with Crippen LogP contribution in [-0.2, 0) is 25.7 Å². The van der Waals surface area contributed by atoms with E-state index in [4.69, 9.17) is 14.7 Å². The summed E-state index contributed by atoms with van der Waals surface area (Å²) in [6.07, 6.45) is 0.202. The minimum absolute atomic E-state index is 0.0184. The summed E-state index contributed by atoms with van der Waals surface area (Å²) < 4.78 is 13.0. The van der Waals surface area contributed by atoms with Crippen LogP contribution < -0.4 is 10.8 Å². The number of rotatable bonds is 12. The molecule has 1 aliphatic rings. The summed E-state index contributed by atoms with van der Waals surface area (Å²) in [4.78, 5) is 25.9. The molecule has 4 unspecified atom stereocenters. The molecular weight excluding hydrogens is 522 g/mol. The number of hydrogen-bond acceptors (Lipinski definition) is 7. The second-order valence-corrected chi connectivity index (χ2v) is 10.4. The zero-order valence-electron chi connectivity index (χ0n) is 23.5. The van der Waals surface area contributed by atoms with E-state index in [0.717, 1.165) is 16.7 Å². The van der Waals surface area contributed by atoms with Crippen LogP contribution in [0.25, 0.3) is 0 Å². The Morgan fingerprint density at radius 1 is 0.951 bits per heavy atom. The van der Waals surface area contributed by atoms with Gasteiger partial charge in [0.1, 0.15) is 0 Å². The first-order valence-corrected chi connectivity index (χ1v) is 13.9. The van der Waals surface area contributed by atoms with Crippen LogP contribution in [0, 0.1) is 0 Å². The fourth-order valence-electron chi connectivity index (χ4n) is 4.95. The van der Waals surface area contributed by atoms with Crippen LogP contribution in [0.15, 0.2) is 78.9 Å². The number of likely N-dealkylation sites (N-methyl/N-ethyl adjacent to an activating group) is 1. The predicted molar refractivity (Wildman–Crippen MR) is 155 cm³/mol. The number of aliphatic hydroxyl groups is 1. The molecule has 9 nitrogen and oxygen atoms in total. The normalized spacial score (nSPS) is 19.5. The molecule has 0 aliphatic carbocycles. The maximum atomic E-state index is 12.4. The van der Waals surface area contributed by atoms with E-state index >= 15 is 0 Å². The average Bonchev–Trinajstić information content (AvgIpc) is 3.01. The van der Waals surface area contributed by atoms with Crippen LogP contribution in [0.1, 0.15) is 73.3 Å². The van der Waals surface area contributed by atoms with E-state index in [9.17, 15) is 14.7 Å². The molecule has 1 aliphatic heterocycles. The molecular formula is C32H39N3O6. The summed E-state index contributed by atoms with van der Waals surface area (Å²) in [7, 11) is 2.09. The van der Waals surface area contributed by atoms with Crippen LogP contribution in [0.2, 0.25) is 0 Å². The molecule has 9 heteroatoms. The first-order valence-electron chi connectivity index (χ1n) is 13.9. The van der Waals surface area contributed by atoms with E-state index in [0.29, 0.717) is 25.1 Å². The molecule has 4 atom stereocenters. The van der Waals surface area contributed by atoms with Crippen molar-refractivity contribution >= 4 is 17.5 Å². The highest BCUT2D eigenvalue weighted by Crippen LogP contribution is 2.39. The summed E-state index contributed by atoms with van der Waals surface area (Å²) in [5, 5.41) is 21.0. The van der Waals surface area contributed by atoms with Crippen molar-refractivity contribution in [2.24, 2.45) is 0 Å². The van der Waals surface area contributed by atoms with Gasteiger partial charge in [-0.25, -0.2) is 5.48 Å². The van der Waals surface area contributed by atoms with Gasteiger partial charge < -0.3 is 19.9 Å². The number of nitrogens with one attached hydrogen (secondary N) is 2. The largest absolute Gasteiger partial charge is 0.392 e. The second kappa shape index (κ2) is 14.9. The molecule has 4 N–H and O–H groups in total. The van der Waals surface area contributed by atoms with E-state index in [2.05, 4.69) is 36.3 Å². The summed E-state index contributed by atoms with van der Waals surface area (Å²) >= 11 is 0. The lowest BCUT2D eigenvalue weighted by Crippen LogP contribution is -2.38. The number of aliphatic hydroxyl groups excluding tert-OH is 1. The van der Waals surface area contributed by atoms with Crippen molar-refractivity contribution in [1.29, 1.82) is 0 Å². The van der Waals surface area contributed by atoms with Gasteiger partial charge in [-0.1, -0.05) is 66.7 Å². The molecule has 0 radical (unpaired) electrons. The summed E-state index contributed by atoms with van der Waals surface area (Å²) in [5.74, 6) is -0.750. The van der Waals surface area contributed by atoms with Gasteiger partial charge in [-0.3, -0.25) is 19.7 Å². The van der Waals surface area contributed by atoms with Crippen LogP contribution in [0.3, 0.4) is 0 Å². The molecule has 2 amide bonds. The van der Waals surface area contributed by atoms with Crippen LogP contribution in [0.4, 0.5) is 5.69 Å². The molecule has 0 bridgehead atoms. The van der Waals surface area contributed by atoms with Gasteiger partial charge in [0, 0.05) is 43.1 Å². The minimum Gasteiger partial charge on any atom is -0.392 e. The Morgan fingerprint density at radius 3 is 2.39 bits per heavy atom. The van der Waals surface area contributed by atoms with Crippen molar-refractivity contribution in [3.63, 3.8) is 0 Å². The van der Waals surface area contributed by atoms with Crippen molar-refractivity contribution in [2.75, 3.05) is 18.9 Å². The SMILES string of the molecule is CC(c1ccccc1)N(C)CC1CC(c2ccc(CO)cc2)OC(c2cccc(NC(=O)CCCC(=O)NO)c2)O1. The first kappa shape index (κ1) is 30.4. The number of carbonyl (C=O) groups is 2. The fraction of sp³-hybridized carbons (Fsp3) is 0.375. The van der Waals surface area contributed by atoms with Gasteiger partial charge in [0.15, 0.2) is 6.29 Å². The van der Waals surface area contributed by atoms with Crippen LogP contribution >= 0.6 is 0 Å². The standard InChI is InChI=1S/C32H39N3O6/c1-22(24-8-4-3-5-9-24)35(2)20-28-19-29(25-16-14-23(21-36)15-17-25)41-32(40-28)26-10-6-11-27(18-26)33-30(37)12-7-13-31(38)34-39/h3-6,8-11,14-18,22,28-29,32,36,39H,7,12-13,19-21H2,1-2H3,(H,33,37)(H,34,38). The Bertz CT molecular complexity index is 1270. The highest BCUT2D eigenvalue weighted by Gasteiger charge is 2.33. The van der Waals surface area contributed by atoms with Gasteiger partial charge >= 0.3 is 0 Å². The van der Waals surface area contributed by atoms with Gasteiger partial charge in [-0.15, -0.1) is 0 Å². The zero-order valence-corrected chi connectivity index (χ0v) is 23.5. The lowest BCUT2D eigenvalue weighted by atomic mass is 9.99. The predicted octanol–water partition coefficient (Wildman–Crippen LogP) is 5.03.